The van der Waals surface area contributed by atoms with Gasteiger partial charge in [-0.1, -0.05) is 19.3 Å². The molecule has 1 aliphatic carbocycles. The lowest BCUT2D eigenvalue weighted by Gasteiger charge is -2.43. The molecule has 1 saturated carbocycles. The van der Waals surface area contributed by atoms with E-state index in [0.29, 0.717) is 12.8 Å². The Bertz CT molecular complexity index is 364. The highest BCUT2D eigenvalue weighted by Crippen LogP contribution is 2.45. The summed E-state index contributed by atoms with van der Waals surface area (Å²) in [5.74, 6) is -1.76. The van der Waals surface area contributed by atoms with E-state index in [9.17, 15) is 14.4 Å². The van der Waals surface area contributed by atoms with Gasteiger partial charge in [0.25, 0.3) is 0 Å². The van der Waals surface area contributed by atoms with Gasteiger partial charge in [0.05, 0.1) is 0 Å². The molecule has 0 aromatic heterocycles. The van der Waals surface area contributed by atoms with Crippen LogP contribution in [-0.2, 0) is 14.4 Å². The zero-order chi connectivity index (χ0) is 13.3. The highest BCUT2D eigenvalue weighted by molar-refractivity contribution is 6.01. The van der Waals surface area contributed by atoms with Crippen LogP contribution >= 0.6 is 0 Å². The number of carboxylic acid groups (broad SMARTS) is 1. The van der Waals surface area contributed by atoms with Gasteiger partial charge in [0.1, 0.15) is 6.04 Å². The van der Waals surface area contributed by atoms with Crippen molar-refractivity contribution in [3.8, 4) is 0 Å². The standard InChI is InChI=1S/C13H19NO4/c1-9(12(17)18)14-10(15)7-13(8-11(14)16)5-3-2-4-6-13/h9H,2-8H2,1H3,(H,17,18). The molecule has 5 nitrogen and oxygen atoms in total. The average Bonchev–Trinajstić information content (AvgIpc) is 2.28. The van der Waals surface area contributed by atoms with Crippen molar-refractivity contribution in [2.75, 3.05) is 0 Å². The largest absolute Gasteiger partial charge is 0.480 e. The van der Waals surface area contributed by atoms with Crippen LogP contribution < -0.4 is 0 Å². The Morgan fingerprint density at radius 1 is 1.17 bits per heavy atom. The van der Waals surface area contributed by atoms with Gasteiger partial charge in [-0.3, -0.25) is 14.5 Å². The Balaban J connectivity index is 2.15. The molecule has 1 atom stereocenters. The maximum absolute atomic E-state index is 12.1. The van der Waals surface area contributed by atoms with Crippen molar-refractivity contribution in [2.45, 2.75) is 57.9 Å². The summed E-state index contributed by atoms with van der Waals surface area (Å²) in [6.07, 6.45) is 5.79. The smallest absolute Gasteiger partial charge is 0.326 e. The summed E-state index contributed by atoms with van der Waals surface area (Å²) in [7, 11) is 0. The Kier molecular flexibility index (Phi) is 3.41. The van der Waals surface area contributed by atoms with Crippen LogP contribution in [0.3, 0.4) is 0 Å². The molecule has 2 amide bonds. The van der Waals surface area contributed by atoms with Gasteiger partial charge in [0.15, 0.2) is 0 Å². The first kappa shape index (κ1) is 13.1. The topological polar surface area (TPSA) is 74.7 Å². The van der Waals surface area contributed by atoms with Gasteiger partial charge < -0.3 is 5.11 Å². The number of rotatable bonds is 2. The van der Waals surface area contributed by atoms with Crippen molar-refractivity contribution in [1.82, 2.24) is 4.90 Å². The van der Waals surface area contributed by atoms with E-state index in [1.807, 2.05) is 0 Å². The fraction of sp³-hybridized carbons (Fsp3) is 0.769. The number of hydrogen-bond donors (Lipinski definition) is 1. The highest BCUT2D eigenvalue weighted by atomic mass is 16.4. The van der Waals surface area contributed by atoms with E-state index in [1.54, 1.807) is 0 Å². The van der Waals surface area contributed by atoms with Gasteiger partial charge in [-0.15, -0.1) is 0 Å². The molecule has 1 aliphatic heterocycles. The van der Waals surface area contributed by atoms with Crippen molar-refractivity contribution >= 4 is 17.8 Å². The van der Waals surface area contributed by atoms with Crippen molar-refractivity contribution in [3.05, 3.63) is 0 Å². The van der Waals surface area contributed by atoms with Crippen LogP contribution in [0.15, 0.2) is 0 Å². The van der Waals surface area contributed by atoms with Crippen LogP contribution in [0.5, 0.6) is 0 Å². The van der Waals surface area contributed by atoms with Crippen LogP contribution in [0, 0.1) is 5.41 Å². The Hall–Kier alpha value is -1.39. The Labute approximate surface area is 106 Å². The zero-order valence-corrected chi connectivity index (χ0v) is 10.6. The number of nitrogens with zero attached hydrogens (tertiary/aromatic N) is 1. The van der Waals surface area contributed by atoms with Crippen LogP contribution in [0.25, 0.3) is 0 Å². The van der Waals surface area contributed by atoms with Crippen LogP contribution in [-0.4, -0.2) is 33.8 Å². The number of piperidine rings is 1. The molecule has 2 rings (SSSR count). The minimum absolute atomic E-state index is 0.179. The lowest BCUT2D eigenvalue weighted by molar-refractivity contribution is -0.164. The minimum atomic E-state index is -1.13. The van der Waals surface area contributed by atoms with Crippen molar-refractivity contribution in [3.63, 3.8) is 0 Å². The van der Waals surface area contributed by atoms with E-state index < -0.39 is 12.0 Å². The van der Waals surface area contributed by atoms with Gasteiger partial charge in [-0.2, -0.15) is 0 Å². The second-order valence-electron chi connectivity index (χ2n) is 5.59. The molecule has 1 unspecified atom stereocenters. The summed E-state index contributed by atoms with van der Waals surface area (Å²) >= 11 is 0. The summed E-state index contributed by atoms with van der Waals surface area (Å²) in [6.45, 7) is 1.39. The number of carboxylic acids is 1. The second kappa shape index (κ2) is 4.71. The van der Waals surface area contributed by atoms with E-state index in [2.05, 4.69) is 0 Å². The number of hydrogen-bond acceptors (Lipinski definition) is 3. The quantitative estimate of drug-likeness (QED) is 0.758. The van der Waals surface area contributed by atoms with Gasteiger partial charge in [-0.05, 0) is 25.2 Å². The summed E-state index contributed by atoms with van der Waals surface area (Å²) in [5.41, 5.74) is -0.179. The molecule has 0 bridgehead atoms. The molecule has 2 fully saturated rings. The highest BCUT2D eigenvalue weighted by Gasteiger charge is 2.46. The van der Waals surface area contributed by atoms with Crippen molar-refractivity contribution in [2.24, 2.45) is 5.41 Å². The van der Waals surface area contributed by atoms with Crippen LogP contribution in [0.2, 0.25) is 0 Å². The molecule has 18 heavy (non-hydrogen) atoms. The summed E-state index contributed by atoms with van der Waals surface area (Å²) in [6, 6.07) is -1.05. The Morgan fingerprint density at radius 3 is 2.11 bits per heavy atom. The first-order valence-corrected chi connectivity index (χ1v) is 6.53. The first-order chi connectivity index (χ1) is 8.45. The molecule has 1 spiro atoms. The molecule has 1 heterocycles. The zero-order valence-electron chi connectivity index (χ0n) is 10.6. The monoisotopic (exact) mass is 253 g/mol. The van der Waals surface area contributed by atoms with Crippen molar-refractivity contribution in [1.29, 1.82) is 0 Å². The van der Waals surface area contributed by atoms with E-state index >= 15 is 0 Å². The molecule has 0 aromatic rings. The van der Waals surface area contributed by atoms with E-state index in [-0.39, 0.29) is 17.2 Å². The number of amides is 2. The molecule has 100 valence electrons. The molecule has 0 radical (unpaired) electrons. The number of carbonyl (C=O) groups is 3. The lowest BCUT2D eigenvalue weighted by Crippen LogP contribution is -2.54. The maximum atomic E-state index is 12.1. The van der Waals surface area contributed by atoms with Crippen LogP contribution in [0.1, 0.15) is 51.9 Å². The third kappa shape index (κ3) is 2.26. The number of imide groups is 1. The number of aliphatic carboxylic acids is 1. The molecule has 2 aliphatic rings. The predicted octanol–water partition coefficient (Wildman–Crippen LogP) is 1.56. The predicted molar refractivity (Wildman–Crippen MR) is 63.7 cm³/mol. The molecule has 5 heteroatoms. The van der Waals surface area contributed by atoms with Crippen LogP contribution in [0.4, 0.5) is 0 Å². The third-order valence-electron chi connectivity index (χ3n) is 4.25. The third-order valence-corrected chi connectivity index (χ3v) is 4.25. The molecule has 1 saturated heterocycles. The molecule has 1 N–H and O–H groups in total. The van der Waals surface area contributed by atoms with E-state index in [4.69, 9.17) is 5.11 Å². The first-order valence-electron chi connectivity index (χ1n) is 6.53. The summed E-state index contributed by atoms with van der Waals surface area (Å²) in [5, 5.41) is 8.93. The minimum Gasteiger partial charge on any atom is -0.480 e. The van der Waals surface area contributed by atoms with E-state index in [1.165, 1.54) is 13.3 Å². The molecular formula is C13H19NO4. The second-order valence-corrected chi connectivity index (χ2v) is 5.59. The average molecular weight is 253 g/mol. The van der Waals surface area contributed by atoms with Gasteiger partial charge in [0.2, 0.25) is 11.8 Å². The SMILES string of the molecule is CC(C(=O)O)N1C(=O)CC2(CCCCC2)CC1=O. The summed E-state index contributed by atoms with van der Waals surface area (Å²) < 4.78 is 0. The lowest BCUT2D eigenvalue weighted by atomic mass is 9.67. The Morgan fingerprint density at radius 2 is 1.67 bits per heavy atom. The number of likely N-dealkylation sites (tertiary alicyclic amines) is 1. The molecular weight excluding hydrogens is 234 g/mol. The van der Waals surface area contributed by atoms with Gasteiger partial charge in [0, 0.05) is 12.8 Å². The maximum Gasteiger partial charge on any atom is 0.326 e. The van der Waals surface area contributed by atoms with Gasteiger partial charge >= 0.3 is 5.97 Å². The number of carbonyl (C=O) groups excluding carboxylic acids is 2. The normalized spacial score (nSPS) is 25.3. The summed E-state index contributed by atoms with van der Waals surface area (Å²) in [4.78, 5) is 36.0. The fourth-order valence-electron chi connectivity index (χ4n) is 3.21. The molecule has 0 aromatic carbocycles. The fourth-order valence-corrected chi connectivity index (χ4v) is 3.21. The van der Waals surface area contributed by atoms with E-state index in [0.717, 1.165) is 30.6 Å². The van der Waals surface area contributed by atoms with Gasteiger partial charge in [-0.25, -0.2) is 4.79 Å². The van der Waals surface area contributed by atoms with Crippen molar-refractivity contribution < 1.29 is 19.5 Å².